The van der Waals surface area contributed by atoms with Gasteiger partial charge in [-0.2, -0.15) is 0 Å². The Morgan fingerprint density at radius 2 is 1.82 bits per heavy atom. The molecule has 0 unspecified atom stereocenters. The van der Waals surface area contributed by atoms with Crippen molar-refractivity contribution in [1.82, 2.24) is 0 Å². The van der Waals surface area contributed by atoms with Crippen molar-refractivity contribution in [1.29, 1.82) is 0 Å². The number of ether oxygens (including phenoxy) is 2. The highest BCUT2D eigenvalue weighted by molar-refractivity contribution is 6.74. The molecule has 3 saturated carbocycles. The van der Waals surface area contributed by atoms with E-state index in [1.54, 1.807) is 12.7 Å². The van der Waals surface area contributed by atoms with E-state index in [1.807, 2.05) is 0 Å². The molecule has 0 amide bonds. The fraction of sp³-hybridized carbons (Fsp3) is 0.882. The molecule has 3 aliphatic rings. The van der Waals surface area contributed by atoms with Crippen molar-refractivity contribution in [3.05, 3.63) is 23.3 Å². The Balaban J connectivity index is 1.64. The number of fused-ring (bicyclic) bond motifs is 1. The third-order valence-corrected chi connectivity index (χ3v) is 15.6. The Morgan fingerprint density at radius 1 is 1.10 bits per heavy atom. The zero-order valence-corrected chi connectivity index (χ0v) is 28.2. The summed E-state index contributed by atoms with van der Waals surface area (Å²) < 4.78 is 17.7. The molecular weight excluding hydrogens is 500 g/mol. The highest BCUT2D eigenvalue weighted by Gasteiger charge is 2.50. The first-order valence-corrected chi connectivity index (χ1v) is 18.9. The summed E-state index contributed by atoms with van der Waals surface area (Å²) in [5.41, 5.74) is 3.35. The summed E-state index contributed by atoms with van der Waals surface area (Å²) in [4.78, 5) is 0. The van der Waals surface area contributed by atoms with Crippen LogP contribution in [0, 0.1) is 23.2 Å². The second kappa shape index (κ2) is 13.2. The molecule has 0 bridgehead atoms. The van der Waals surface area contributed by atoms with E-state index >= 15 is 0 Å². The van der Waals surface area contributed by atoms with Crippen LogP contribution in [0.5, 0.6) is 0 Å². The van der Waals surface area contributed by atoms with Crippen LogP contribution in [-0.4, -0.2) is 45.1 Å². The van der Waals surface area contributed by atoms with Gasteiger partial charge in [0.2, 0.25) is 0 Å². The van der Waals surface area contributed by atoms with E-state index in [2.05, 4.69) is 73.7 Å². The molecule has 3 rings (SSSR count). The van der Waals surface area contributed by atoms with E-state index < -0.39 is 8.32 Å². The maximum absolute atomic E-state index is 10.7. The molecule has 4 nitrogen and oxygen atoms in total. The maximum atomic E-state index is 10.7. The summed E-state index contributed by atoms with van der Waals surface area (Å²) in [6, 6.07) is 0. The molecule has 5 heteroatoms. The van der Waals surface area contributed by atoms with Crippen LogP contribution in [0.4, 0.5) is 0 Å². The first kappa shape index (κ1) is 33.0. The van der Waals surface area contributed by atoms with Gasteiger partial charge in [-0.15, -0.1) is 0 Å². The Bertz CT molecular complexity index is 854. The molecule has 3 fully saturated rings. The lowest BCUT2D eigenvalue weighted by Gasteiger charge is -2.44. The van der Waals surface area contributed by atoms with Crippen LogP contribution in [0.3, 0.4) is 0 Å². The van der Waals surface area contributed by atoms with Crippen LogP contribution < -0.4 is 0 Å². The average Bonchev–Trinajstić information content (AvgIpc) is 3.17. The lowest BCUT2D eigenvalue weighted by Crippen LogP contribution is -2.45. The zero-order chi connectivity index (χ0) is 29.1. The van der Waals surface area contributed by atoms with Crippen molar-refractivity contribution in [2.75, 3.05) is 13.9 Å². The van der Waals surface area contributed by atoms with Gasteiger partial charge < -0.3 is 19.0 Å². The topological polar surface area (TPSA) is 47.9 Å². The monoisotopic (exact) mass is 562 g/mol. The minimum absolute atomic E-state index is 0.118. The lowest BCUT2D eigenvalue weighted by atomic mass is 9.60. The van der Waals surface area contributed by atoms with E-state index in [0.29, 0.717) is 18.1 Å². The van der Waals surface area contributed by atoms with Crippen molar-refractivity contribution in [3.63, 3.8) is 0 Å². The molecule has 6 atom stereocenters. The van der Waals surface area contributed by atoms with Crippen LogP contribution in [0.2, 0.25) is 18.1 Å². The Labute approximate surface area is 242 Å². The first-order chi connectivity index (χ1) is 18.1. The van der Waals surface area contributed by atoms with Gasteiger partial charge in [-0.05, 0) is 113 Å². The van der Waals surface area contributed by atoms with Crippen LogP contribution in [0.1, 0.15) is 119 Å². The summed E-state index contributed by atoms with van der Waals surface area (Å²) >= 11 is 0. The highest BCUT2D eigenvalue weighted by atomic mass is 28.4. The smallest absolute Gasteiger partial charge is 0.192 e. The number of methoxy groups -OCH3 is 1. The zero-order valence-electron chi connectivity index (χ0n) is 27.2. The van der Waals surface area contributed by atoms with Crippen molar-refractivity contribution >= 4 is 8.32 Å². The molecule has 226 valence electrons. The fourth-order valence-electron chi connectivity index (χ4n) is 7.75. The molecule has 0 aromatic rings. The van der Waals surface area contributed by atoms with Crippen LogP contribution in [0.25, 0.3) is 0 Å². The summed E-state index contributed by atoms with van der Waals surface area (Å²) in [5.74, 6) is 2.27. The fourth-order valence-corrected chi connectivity index (χ4v) is 9.12. The normalized spacial score (nSPS) is 33.5. The standard InChI is InChI=1S/C34H62O4Si/c1-25(13-11-19-33(5,6)37-24-36-8)30-17-18-31-27(14-12-20-34(30,31)7)16-15-26-21-28(35)23-29(22-26)38-39(9,10)32(2,3)4/h15-16,25,28-31,35H,11-14,17-24H2,1-10H3/b26-15-,27-16+/t25-,28-,29-,30-,31+,34-/m1/s1. The molecule has 0 aromatic heterocycles. The quantitative estimate of drug-likeness (QED) is 0.201. The third-order valence-electron chi connectivity index (χ3n) is 11.1. The van der Waals surface area contributed by atoms with Gasteiger partial charge >= 0.3 is 0 Å². The minimum atomic E-state index is -1.85. The van der Waals surface area contributed by atoms with E-state index in [0.717, 1.165) is 37.5 Å². The Kier molecular flexibility index (Phi) is 11.2. The number of aliphatic hydroxyl groups is 1. The third kappa shape index (κ3) is 8.53. The number of rotatable bonds is 11. The summed E-state index contributed by atoms with van der Waals surface area (Å²) in [6.07, 6.45) is 17.5. The van der Waals surface area contributed by atoms with Crippen LogP contribution >= 0.6 is 0 Å². The van der Waals surface area contributed by atoms with Gasteiger partial charge in [0, 0.05) is 7.11 Å². The van der Waals surface area contributed by atoms with Gasteiger partial charge in [0.15, 0.2) is 8.32 Å². The maximum Gasteiger partial charge on any atom is 0.192 e. The molecular formula is C34H62O4Si. The van der Waals surface area contributed by atoms with Crippen molar-refractivity contribution in [3.8, 4) is 0 Å². The summed E-state index contributed by atoms with van der Waals surface area (Å²) in [6.45, 7) is 21.4. The molecule has 0 aliphatic heterocycles. The van der Waals surface area contributed by atoms with Crippen molar-refractivity contribution < 1.29 is 19.0 Å². The highest BCUT2D eigenvalue weighted by Crippen LogP contribution is 2.60. The molecule has 0 radical (unpaired) electrons. The van der Waals surface area contributed by atoms with E-state index in [1.165, 1.54) is 50.5 Å². The summed E-state index contributed by atoms with van der Waals surface area (Å²) in [7, 11) is -0.153. The van der Waals surface area contributed by atoms with Crippen molar-refractivity contribution in [2.24, 2.45) is 23.2 Å². The second-order valence-electron chi connectivity index (χ2n) is 15.6. The molecule has 0 spiro atoms. The van der Waals surface area contributed by atoms with Crippen molar-refractivity contribution in [2.45, 2.75) is 155 Å². The molecule has 0 aromatic carbocycles. The lowest BCUT2D eigenvalue weighted by molar-refractivity contribution is -0.118. The van der Waals surface area contributed by atoms with Gasteiger partial charge in [0.1, 0.15) is 6.79 Å². The van der Waals surface area contributed by atoms with Gasteiger partial charge in [0.25, 0.3) is 0 Å². The number of allylic oxidation sites excluding steroid dienone is 3. The molecule has 3 aliphatic carbocycles. The first-order valence-electron chi connectivity index (χ1n) is 16.0. The van der Waals surface area contributed by atoms with Gasteiger partial charge in [-0.3, -0.25) is 0 Å². The molecule has 1 N–H and O–H groups in total. The minimum Gasteiger partial charge on any atom is -0.414 e. The van der Waals surface area contributed by atoms with Gasteiger partial charge in [-0.25, -0.2) is 0 Å². The molecule has 39 heavy (non-hydrogen) atoms. The van der Waals surface area contributed by atoms with E-state index in [9.17, 15) is 5.11 Å². The van der Waals surface area contributed by atoms with E-state index in [-0.39, 0.29) is 22.8 Å². The Hall–Kier alpha value is -0.463. The van der Waals surface area contributed by atoms with E-state index in [4.69, 9.17) is 13.9 Å². The van der Waals surface area contributed by atoms with Crippen LogP contribution in [0.15, 0.2) is 23.3 Å². The molecule has 0 heterocycles. The predicted octanol–water partition coefficient (Wildman–Crippen LogP) is 9.20. The average molecular weight is 563 g/mol. The second-order valence-corrected chi connectivity index (χ2v) is 20.4. The predicted molar refractivity (Wildman–Crippen MR) is 166 cm³/mol. The van der Waals surface area contributed by atoms with Crippen LogP contribution in [-0.2, 0) is 13.9 Å². The van der Waals surface area contributed by atoms with Gasteiger partial charge in [0.05, 0.1) is 17.8 Å². The number of hydrogen-bond donors (Lipinski definition) is 1. The number of hydrogen-bond acceptors (Lipinski definition) is 4. The Morgan fingerprint density at radius 3 is 2.49 bits per heavy atom. The SMILES string of the molecule is COCOC(C)(C)CCC[C@@H](C)[C@H]1CC[C@H]2/C(=C/C=C3/C[C@@H](O)C[C@H](O[Si](C)(C)C(C)(C)C)C3)CCC[C@]12C. The van der Waals surface area contributed by atoms with Gasteiger partial charge in [-0.1, -0.05) is 70.8 Å². The summed E-state index contributed by atoms with van der Waals surface area (Å²) in [5, 5.41) is 10.9. The largest absolute Gasteiger partial charge is 0.414 e. The molecule has 0 saturated heterocycles. The number of aliphatic hydroxyl groups excluding tert-OH is 1.